The first kappa shape index (κ1) is 64.8. The Hall–Kier alpha value is -7.39. The molecule has 6 rings (SSSR count). The van der Waals surface area contributed by atoms with E-state index in [2.05, 4.69) is 38.1 Å². The number of ether oxygens (including phenoxy) is 4. The van der Waals surface area contributed by atoms with Gasteiger partial charge in [-0.15, -0.1) is 0 Å². The van der Waals surface area contributed by atoms with Crippen molar-refractivity contribution in [2.45, 2.75) is 195 Å². The van der Waals surface area contributed by atoms with Crippen LogP contribution in [0.3, 0.4) is 0 Å². The Morgan fingerprint density at radius 3 is 1.14 bits per heavy atom. The van der Waals surface area contributed by atoms with Gasteiger partial charge in [-0.2, -0.15) is 0 Å². The fourth-order valence-corrected chi connectivity index (χ4v) is 10.0. The van der Waals surface area contributed by atoms with Crippen molar-refractivity contribution in [3.05, 3.63) is 190 Å². The fourth-order valence-electron chi connectivity index (χ4n) is 10.0. The zero-order valence-electron chi connectivity index (χ0n) is 50.0. The fraction of sp³-hybridized carbons (Fsp3) is 0.405. The Morgan fingerprint density at radius 1 is 0.373 bits per heavy atom. The summed E-state index contributed by atoms with van der Waals surface area (Å²) in [5.41, 5.74) is 6.64. The van der Waals surface area contributed by atoms with Crippen LogP contribution in [0.25, 0.3) is 23.3 Å². The number of aryl methyl sites for hydroxylation is 2. The normalized spacial score (nSPS) is 11.6. The molecule has 0 atom stereocenters. The number of carbonyl (C=O) groups excluding carboxylic acids is 4. The van der Waals surface area contributed by atoms with Crippen LogP contribution in [0.4, 0.5) is 4.39 Å². The lowest BCUT2D eigenvalue weighted by molar-refractivity contribution is -0.130. The first-order chi connectivity index (χ1) is 40.5. The molecule has 0 aliphatic heterocycles. The zero-order valence-corrected chi connectivity index (χ0v) is 50.0. The first-order valence-corrected chi connectivity index (χ1v) is 31.0. The highest BCUT2D eigenvalue weighted by atomic mass is 19.1. The number of rotatable bonds is 37. The van der Waals surface area contributed by atoms with Gasteiger partial charge in [0.15, 0.2) is 11.6 Å². The summed E-state index contributed by atoms with van der Waals surface area (Å²) < 4.78 is 37.7. The lowest BCUT2D eigenvalue weighted by atomic mass is 10.0. The summed E-state index contributed by atoms with van der Waals surface area (Å²) in [5, 5.41) is 0. The van der Waals surface area contributed by atoms with E-state index in [1.165, 1.54) is 226 Å². The molecule has 0 saturated heterocycles. The van der Waals surface area contributed by atoms with Crippen molar-refractivity contribution < 1.29 is 42.5 Å². The lowest BCUT2D eigenvalue weighted by Crippen LogP contribution is -2.11. The van der Waals surface area contributed by atoms with Gasteiger partial charge in [0.2, 0.25) is 0 Å². The minimum absolute atomic E-state index is 0.133. The monoisotopic (exact) mass is 1120 g/mol. The Balaban J connectivity index is 0.883. The maximum atomic E-state index is 15.5. The van der Waals surface area contributed by atoms with Gasteiger partial charge in [-0.3, -0.25) is 0 Å². The minimum Gasteiger partial charge on any atom is -0.423 e. The van der Waals surface area contributed by atoms with Crippen LogP contribution in [0.5, 0.6) is 23.0 Å². The highest BCUT2D eigenvalue weighted by molar-refractivity contribution is 5.96. The molecule has 0 heterocycles. The Bertz CT molecular complexity index is 2970. The second-order valence-corrected chi connectivity index (χ2v) is 22.2. The van der Waals surface area contributed by atoms with Crippen LogP contribution in [0.1, 0.15) is 225 Å². The van der Waals surface area contributed by atoms with E-state index in [1.807, 2.05) is 24.3 Å². The third-order valence-electron chi connectivity index (χ3n) is 15.1. The Kier molecular flexibility index (Phi) is 28.8. The van der Waals surface area contributed by atoms with Crippen LogP contribution in [0, 0.1) is 5.82 Å². The van der Waals surface area contributed by atoms with Crippen LogP contribution in [-0.2, 0) is 22.4 Å². The van der Waals surface area contributed by atoms with Crippen molar-refractivity contribution in [3.8, 4) is 34.1 Å². The van der Waals surface area contributed by atoms with Gasteiger partial charge in [-0.1, -0.05) is 222 Å². The summed E-state index contributed by atoms with van der Waals surface area (Å²) in [6.07, 6.45) is 37.6. The molecule has 0 saturated carbocycles. The molecular weight excluding hydrogens is 1040 g/mol. The standard InChI is InChI=1S/C74H89FO8/c1-5-7-9-11-13-15-17-19-21-23-25-27-30-58-34-38-60(39-35-58)52-56(3)71(76)80-66-47-42-62(43-48-66)73(78)82-68-33-29-32-64(54-68)65-46-51-70(69(75)55-65)83-74(79)63-44-49-67(50-45-63)81-72(77)57(4)53-61-40-36-59(37-41-61)31-28-26-24-22-20-18-16-14-12-10-8-6-2/h29,32-55H,5-28,30-31H2,1-4H3/b56-52+,57-53+. The minimum atomic E-state index is -0.795. The van der Waals surface area contributed by atoms with E-state index in [4.69, 9.17) is 18.9 Å². The molecule has 0 aliphatic rings. The van der Waals surface area contributed by atoms with Gasteiger partial charge in [0.25, 0.3) is 0 Å². The van der Waals surface area contributed by atoms with E-state index >= 15 is 4.39 Å². The molecule has 6 aromatic carbocycles. The molecule has 83 heavy (non-hydrogen) atoms. The average molecular weight is 1130 g/mol. The van der Waals surface area contributed by atoms with Crippen molar-refractivity contribution >= 4 is 36.0 Å². The maximum absolute atomic E-state index is 15.5. The van der Waals surface area contributed by atoms with Crippen LogP contribution in [0.2, 0.25) is 0 Å². The zero-order chi connectivity index (χ0) is 58.9. The van der Waals surface area contributed by atoms with Crippen molar-refractivity contribution in [1.82, 2.24) is 0 Å². The summed E-state index contributed by atoms with van der Waals surface area (Å²) in [7, 11) is 0. The van der Waals surface area contributed by atoms with Crippen LogP contribution in [0.15, 0.2) is 151 Å². The smallest absolute Gasteiger partial charge is 0.343 e. The van der Waals surface area contributed by atoms with Gasteiger partial charge in [0.05, 0.1) is 11.1 Å². The van der Waals surface area contributed by atoms with Gasteiger partial charge >= 0.3 is 23.9 Å². The number of esters is 4. The van der Waals surface area contributed by atoms with E-state index < -0.39 is 29.7 Å². The number of hydrogen-bond acceptors (Lipinski definition) is 8. The van der Waals surface area contributed by atoms with Crippen molar-refractivity contribution in [2.75, 3.05) is 0 Å². The number of benzene rings is 6. The molecular formula is C74H89FO8. The highest BCUT2D eigenvalue weighted by Crippen LogP contribution is 2.30. The van der Waals surface area contributed by atoms with Gasteiger partial charge in [-0.25, -0.2) is 23.6 Å². The predicted molar refractivity (Wildman–Crippen MR) is 336 cm³/mol. The van der Waals surface area contributed by atoms with Crippen LogP contribution in [-0.4, -0.2) is 23.9 Å². The first-order valence-electron chi connectivity index (χ1n) is 31.0. The average Bonchev–Trinajstić information content (AvgIpc) is 3.65. The molecule has 0 N–H and O–H groups in total. The van der Waals surface area contributed by atoms with Crippen LogP contribution >= 0.6 is 0 Å². The van der Waals surface area contributed by atoms with E-state index in [0.717, 1.165) is 24.0 Å². The highest BCUT2D eigenvalue weighted by Gasteiger charge is 2.17. The second kappa shape index (κ2) is 36.9. The molecule has 0 spiro atoms. The predicted octanol–water partition coefficient (Wildman–Crippen LogP) is 20.4. The lowest BCUT2D eigenvalue weighted by Gasteiger charge is -2.10. The molecule has 6 aromatic rings. The van der Waals surface area contributed by atoms with Crippen molar-refractivity contribution in [2.24, 2.45) is 0 Å². The summed E-state index contributed by atoms with van der Waals surface area (Å²) in [4.78, 5) is 52.2. The van der Waals surface area contributed by atoms with Crippen molar-refractivity contribution in [1.29, 1.82) is 0 Å². The van der Waals surface area contributed by atoms with Gasteiger partial charge in [0, 0.05) is 11.1 Å². The van der Waals surface area contributed by atoms with E-state index in [-0.39, 0.29) is 34.1 Å². The number of halogens is 1. The SMILES string of the molecule is CCCCCCCCCCCCCCc1ccc(/C=C(\C)C(=O)Oc2ccc(C(=O)Oc3cccc(-c4ccc(OC(=O)c5ccc(OC(=O)/C(C)=C/c6ccc(CCCCCCCCCCCCCC)cc6)cc5)c(F)c4)c3)cc2)cc1. The largest absolute Gasteiger partial charge is 0.423 e. The summed E-state index contributed by atoms with van der Waals surface area (Å²) in [5.74, 6) is -2.76. The van der Waals surface area contributed by atoms with E-state index in [0.29, 0.717) is 22.3 Å². The third kappa shape index (κ3) is 24.2. The Morgan fingerprint density at radius 2 is 0.747 bits per heavy atom. The summed E-state index contributed by atoms with van der Waals surface area (Å²) >= 11 is 0. The molecule has 0 amide bonds. The number of unbranched alkanes of at least 4 members (excludes halogenated alkanes) is 22. The quantitative estimate of drug-likeness (QED) is 0.0164. The molecule has 0 radical (unpaired) electrons. The number of carbonyl (C=O) groups is 4. The molecule has 0 fully saturated rings. The maximum Gasteiger partial charge on any atom is 0.343 e. The van der Waals surface area contributed by atoms with E-state index in [1.54, 1.807) is 56.3 Å². The molecule has 0 unspecified atom stereocenters. The molecule has 0 aliphatic carbocycles. The third-order valence-corrected chi connectivity index (χ3v) is 15.1. The molecule has 0 aromatic heterocycles. The van der Waals surface area contributed by atoms with Gasteiger partial charge in [-0.05, 0) is 158 Å². The molecule has 0 bridgehead atoms. The Labute approximate surface area is 494 Å². The van der Waals surface area contributed by atoms with E-state index in [9.17, 15) is 19.2 Å². The van der Waals surface area contributed by atoms with Crippen LogP contribution < -0.4 is 18.9 Å². The summed E-state index contributed by atoms with van der Waals surface area (Å²) in [6, 6.07) is 39.3. The molecule has 9 heteroatoms. The van der Waals surface area contributed by atoms with Gasteiger partial charge < -0.3 is 18.9 Å². The number of hydrogen-bond donors (Lipinski definition) is 0. The van der Waals surface area contributed by atoms with Crippen molar-refractivity contribution in [3.63, 3.8) is 0 Å². The second-order valence-electron chi connectivity index (χ2n) is 22.2. The molecule has 8 nitrogen and oxygen atoms in total. The molecule has 440 valence electrons. The topological polar surface area (TPSA) is 105 Å². The summed E-state index contributed by atoms with van der Waals surface area (Å²) in [6.45, 7) is 7.94. The van der Waals surface area contributed by atoms with Gasteiger partial charge in [0.1, 0.15) is 17.2 Å².